The lowest BCUT2D eigenvalue weighted by Crippen LogP contribution is -2.30. The summed E-state index contributed by atoms with van der Waals surface area (Å²) in [5, 5.41) is 1.06. The molecule has 2 unspecified atom stereocenters. The van der Waals surface area contributed by atoms with Gasteiger partial charge in [0.05, 0.1) is 15.1 Å². The molecule has 0 N–H and O–H groups in total. The fourth-order valence-electron chi connectivity index (χ4n) is 1.25. The largest absolute Gasteiger partial charge is 0.485 e. The van der Waals surface area contributed by atoms with E-state index < -0.39 is 6.10 Å². The first-order valence-corrected chi connectivity index (χ1v) is 6.43. The van der Waals surface area contributed by atoms with Crippen LogP contribution in [0.5, 0.6) is 5.75 Å². The summed E-state index contributed by atoms with van der Waals surface area (Å²) in [6, 6.07) is 3.03. The van der Waals surface area contributed by atoms with Gasteiger partial charge in [-0.1, -0.05) is 34.8 Å². The van der Waals surface area contributed by atoms with Crippen LogP contribution < -0.4 is 4.74 Å². The van der Waals surface area contributed by atoms with E-state index in [1.165, 1.54) is 19.1 Å². The molecule has 100 valence electrons. The van der Waals surface area contributed by atoms with E-state index in [0.29, 0.717) is 20.8 Å². The standard InChI is InChI=1S/C12H13Cl3O3/c1-6(17-8(3)16)7(2)18-12-5-10(14)9(13)4-11(12)15/h4-7H,1-3H3. The molecule has 1 aromatic rings. The maximum Gasteiger partial charge on any atom is 0.303 e. The van der Waals surface area contributed by atoms with E-state index in [1.54, 1.807) is 13.8 Å². The first kappa shape index (κ1) is 15.4. The minimum Gasteiger partial charge on any atom is -0.485 e. The second-order valence-electron chi connectivity index (χ2n) is 3.83. The molecular weight excluding hydrogens is 298 g/mol. The lowest BCUT2D eigenvalue weighted by Gasteiger charge is -2.22. The Morgan fingerprint density at radius 2 is 1.61 bits per heavy atom. The number of carbonyl (C=O) groups excluding carboxylic acids is 1. The molecule has 2 atom stereocenters. The zero-order chi connectivity index (χ0) is 13.9. The highest BCUT2D eigenvalue weighted by Gasteiger charge is 2.18. The maximum absolute atomic E-state index is 10.8. The van der Waals surface area contributed by atoms with Gasteiger partial charge in [0.1, 0.15) is 18.0 Å². The van der Waals surface area contributed by atoms with Crippen molar-refractivity contribution in [2.24, 2.45) is 0 Å². The van der Waals surface area contributed by atoms with Crippen LogP contribution in [-0.4, -0.2) is 18.2 Å². The number of esters is 1. The highest BCUT2D eigenvalue weighted by molar-refractivity contribution is 6.43. The highest BCUT2D eigenvalue weighted by atomic mass is 35.5. The summed E-state index contributed by atoms with van der Waals surface area (Å²) in [5.41, 5.74) is 0. The van der Waals surface area contributed by atoms with Crippen molar-refractivity contribution >= 4 is 40.8 Å². The van der Waals surface area contributed by atoms with Gasteiger partial charge in [-0.2, -0.15) is 0 Å². The van der Waals surface area contributed by atoms with E-state index in [0.717, 1.165) is 0 Å². The molecule has 0 bridgehead atoms. The van der Waals surface area contributed by atoms with Crippen molar-refractivity contribution in [3.63, 3.8) is 0 Å². The average Bonchev–Trinajstić information content (AvgIpc) is 2.24. The predicted molar refractivity (Wildman–Crippen MR) is 72.8 cm³/mol. The van der Waals surface area contributed by atoms with Crippen molar-refractivity contribution in [3.05, 3.63) is 27.2 Å². The normalized spacial score (nSPS) is 13.9. The minimum atomic E-state index is -0.395. The molecule has 0 heterocycles. The van der Waals surface area contributed by atoms with Gasteiger partial charge >= 0.3 is 5.97 Å². The summed E-state index contributed by atoms with van der Waals surface area (Å²) in [5.74, 6) is 0.0377. The van der Waals surface area contributed by atoms with Crippen molar-refractivity contribution in [3.8, 4) is 5.75 Å². The van der Waals surface area contributed by atoms with Crippen LogP contribution in [0.1, 0.15) is 20.8 Å². The van der Waals surface area contributed by atoms with Crippen molar-refractivity contribution in [2.75, 3.05) is 0 Å². The van der Waals surface area contributed by atoms with Crippen LogP contribution in [0.25, 0.3) is 0 Å². The van der Waals surface area contributed by atoms with Crippen LogP contribution >= 0.6 is 34.8 Å². The number of halogens is 3. The molecule has 0 radical (unpaired) electrons. The minimum absolute atomic E-state index is 0.350. The smallest absolute Gasteiger partial charge is 0.303 e. The Morgan fingerprint density at radius 3 is 2.17 bits per heavy atom. The maximum atomic E-state index is 10.8. The molecule has 0 aliphatic heterocycles. The molecule has 0 spiro atoms. The molecule has 3 nitrogen and oxygen atoms in total. The summed E-state index contributed by atoms with van der Waals surface area (Å²) in [7, 11) is 0. The Balaban J connectivity index is 2.78. The average molecular weight is 312 g/mol. The molecule has 1 rings (SSSR count). The van der Waals surface area contributed by atoms with Crippen molar-refractivity contribution in [1.29, 1.82) is 0 Å². The van der Waals surface area contributed by atoms with E-state index in [9.17, 15) is 4.79 Å². The van der Waals surface area contributed by atoms with Gasteiger partial charge in [-0.3, -0.25) is 4.79 Å². The third-order valence-electron chi connectivity index (χ3n) is 2.30. The zero-order valence-corrected chi connectivity index (χ0v) is 12.4. The van der Waals surface area contributed by atoms with Gasteiger partial charge in [-0.05, 0) is 19.9 Å². The molecule has 0 fully saturated rings. The third kappa shape index (κ3) is 4.23. The van der Waals surface area contributed by atoms with E-state index >= 15 is 0 Å². The molecule has 0 saturated carbocycles. The molecule has 0 aliphatic rings. The van der Waals surface area contributed by atoms with Crippen molar-refractivity contribution < 1.29 is 14.3 Å². The van der Waals surface area contributed by atoms with Gasteiger partial charge in [0.2, 0.25) is 0 Å². The second-order valence-corrected chi connectivity index (χ2v) is 5.06. The SMILES string of the molecule is CC(=O)OC(C)C(C)Oc1cc(Cl)c(Cl)cc1Cl. The summed E-state index contributed by atoms with van der Waals surface area (Å²) in [4.78, 5) is 10.8. The predicted octanol–water partition coefficient (Wildman–Crippen LogP) is 4.37. The number of hydrogen-bond acceptors (Lipinski definition) is 3. The number of carbonyl (C=O) groups is 1. The number of ether oxygens (including phenoxy) is 2. The molecule has 0 amide bonds. The Morgan fingerprint density at radius 1 is 1.06 bits per heavy atom. The summed E-state index contributed by atoms with van der Waals surface area (Å²) >= 11 is 17.7. The van der Waals surface area contributed by atoms with Crippen LogP contribution in [0, 0.1) is 0 Å². The number of benzene rings is 1. The quantitative estimate of drug-likeness (QED) is 0.612. The first-order valence-electron chi connectivity index (χ1n) is 5.29. The molecule has 6 heteroatoms. The van der Waals surface area contributed by atoms with Crippen molar-refractivity contribution in [2.45, 2.75) is 33.0 Å². The topological polar surface area (TPSA) is 35.5 Å². The van der Waals surface area contributed by atoms with Crippen LogP contribution in [-0.2, 0) is 9.53 Å². The Labute approximate surface area is 121 Å². The van der Waals surface area contributed by atoms with Gasteiger partial charge in [0.25, 0.3) is 0 Å². The number of hydrogen-bond donors (Lipinski definition) is 0. The molecule has 1 aromatic carbocycles. The van der Waals surface area contributed by atoms with Gasteiger partial charge < -0.3 is 9.47 Å². The lowest BCUT2D eigenvalue weighted by atomic mass is 10.2. The molecule has 0 aromatic heterocycles. The van der Waals surface area contributed by atoms with Gasteiger partial charge in [0.15, 0.2) is 0 Å². The molecular formula is C12H13Cl3O3. The van der Waals surface area contributed by atoms with Gasteiger partial charge in [-0.15, -0.1) is 0 Å². The molecule has 0 aliphatic carbocycles. The molecule has 0 saturated heterocycles. The van der Waals surface area contributed by atoms with Crippen LogP contribution in [0.15, 0.2) is 12.1 Å². The van der Waals surface area contributed by atoms with Gasteiger partial charge in [-0.25, -0.2) is 0 Å². The van der Waals surface area contributed by atoms with Crippen LogP contribution in [0.2, 0.25) is 15.1 Å². The third-order valence-corrected chi connectivity index (χ3v) is 3.32. The van der Waals surface area contributed by atoms with E-state index in [2.05, 4.69) is 0 Å². The monoisotopic (exact) mass is 310 g/mol. The number of rotatable bonds is 4. The zero-order valence-electron chi connectivity index (χ0n) is 10.2. The van der Waals surface area contributed by atoms with E-state index in [4.69, 9.17) is 44.3 Å². The molecule has 18 heavy (non-hydrogen) atoms. The fourth-order valence-corrected chi connectivity index (χ4v) is 1.83. The Bertz CT molecular complexity index is 448. The second kappa shape index (κ2) is 6.50. The summed E-state index contributed by atoms with van der Waals surface area (Å²) in [6.45, 7) is 4.85. The summed E-state index contributed by atoms with van der Waals surface area (Å²) < 4.78 is 10.6. The van der Waals surface area contributed by atoms with Crippen LogP contribution in [0.3, 0.4) is 0 Å². The summed E-state index contributed by atoms with van der Waals surface area (Å²) in [6.07, 6.45) is -0.753. The Kier molecular flexibility index (Phi) is 5.57. The fraction of sp³-hybridized carbons (Fsp3) is 0.417. The first-order chi connectivity index (χ1) is 8.31. The van der Waals surface area contributed by atoms with Gasteiger partial charge in [0, 0.05) is 13.0 Å². The van der Waals surface area contributed by atoms with E-state index in [1.807, 2.05) is 0 Å². The van der Waals surface area contributed by atoms with Crippen molar-refractivity contribution in [1.82, 2.24) is 0 Å². The van der Waals surface area contributed by atoms with E-state index in [-0.39, 0.29) is 12.1 Å². The lowest BCUT2D eigenvalue weighted by molar-refractivity contribution is -0.149. The Hall–Kier alpha value is -0.640. The van der Waals surface area contributed by atoms with Crippen LogP contribution in [0.4, 0.5) is 0 Å². The highest BCUT2D eigenvalue weighted by Crippen LogP contribution is 2.34.